The molecule has 3 heterocycles. The molecule has 0 radical (unpaired) electrons. The van der Waals surface area contributed by atoms with Crippen LogP contribution in [0.1, 0.15) is 35.9 Å². The molecule has 0 spiro atoms. The zero-order chi connectivity index (χ0) is 21.6. The largest absolute Gasteiger partial charge is 0.384 e. The van der Waals surface area contributed by atoms with Gasteiger partial charge in [-0.2, -0.15) is 0 Å². The van der Waals surface area contributed by atoms with Crippen molar-refractivity contribution < 1.29 is 9.53 Å². The third-order valence-corrected chi connectivity index (χ3v) is 6.43. The van der Waals surface area contributed by atoms with E-state index in [9.17, 15) is 4.79 Å². The van der Waals surface area contributed by atoms with Crippen LogP contribution >= 0.6 is 11.3 Å². The van der Waals surface area contributed by atoms with Crippen molar-refractivity contribution in [2.75, 3.05) is 26.8 Å². The zero-order valence-corrected chi connectivity index (χ0v) is 18.8. The van der Waals surface area contributed by atoms with Crippen LogP contribution in [0.3, 0.4) is 0 Å². The SMILES string of the molecule is COCCC(=O)NC(C)c1nnc2n1CCN(Cc1cnc(-c3ccccc3)s1)CC2. The van der Waals surface area contributed by atoms with Gasteiger partial charge in [0.2, 0.25) is 5.91 Å². The van der Waals surface area contributed by atoms with E-state index in [1.165, 1.54) is 4.88 Å². The van der Waals surface area contributed by atoms with E-state index >= 15 is 0 Å². The third-order valence-electron chi connectivity index (χ3n) is 5.40. The number of nitrogens with zero attached hydrogens (tertiary/aromatic N) is 5. The molecule has 9 heteroatoms. The van der Waals surface area contributed by atoms with Crippen molar-refractivity contribution in [3.63, 3.8) is 0 Å². The maximum atomic E-state index is 12.0. The molecule has 1 aromatic carbocycles. The summed E-state index contributed by atoms with van der Waals surface area (Å²) in [7, 11) is 1.59. The van der Waals surface area contributed by atoms with Gasteiger partial charge in [0.25, 0.3) is 0 Å². The molecule has 0 aliphatic carbocycles. The van der Waals surface area contributed by atoms with Gasteiger partial charge in [0.05, 0.1) is 12.6 Å². The van der Waals surface area contributed by atoms with E-state index in [-0.39, 0.29) is 11.9 Å². The lowest BCUT2D eigenvalue weighted by atomic mass is 10.2. The number of fused-ring (bicyclic) bond motifs is 1. The number of rotatable bonds is 8. The van der Waals surface area contributed by atoms with Crippen molar-refractivity contribution in [1.82, 2.24) is 30.0 Å². The number of benzene rings is 1. The first-order chi connectivity index (χ1) is 15.1. The number of thiazole rings is 1. The monoisotopic (exact) mass is 440 g/mol. The summed E-state index contributed by atoms with van der Waals surface area (Å²) in [5.74, 6) is 1.75. The van der Waals surface area contributed by atoms with Crippen molar-refractivity contribution in [2.24, 2.45) is 0 Å². The summed E-state index contributed by atoms with van der Waals surface area (Å²) < 4.78 is 7.13. The Morgan fingerprint density at radius 1 is 1.23 bits per heavy atom. The quantitative estimate of drug-likeness (QED) is 0.580. The fourth-order valence-corrected chi connectivity index (χ4v) is 4.72. The molecule has 1 atom stereocenters. The van der Waals surface area contributed by atoms with E-state index in [1.807, 2.05) is 31.3 Å². The number of ether oxygens (including phenoxy) is 1. The van der Waals surface area contributed by atoms with Gasteiger partial charge in [0.15, 0.2) is 5.82 Å². The topological polar surface area (TPSA) is 85.2 Å². The molecule has 0 saturated carbocycles. The molecule has 2 aromatic heterocycles. The van der Waals surface area contributed by atoms with Crippen molar-refractivity contribution in [1.29, 1.82) is 0 Å². The highest BCUT2D eigenvalue weighted by Crippen LogP contribution is 2.26. The normalized spacial score (nSPS) is 15.3. The third kappa shape index (κ3) is 5.36. The van der Waals surface area contributed by atoms with Crippen LogP contribution in [-0.2, 0) is 29.0 Å². The molecular formula is C22H28N6O2S. The number of amides is 1. The second kappa shape index (κ2) is 10.1. The molecule has 0 fully saturated rings. The molecule has 1 aliphatic rings. The Kier molecular flexibility index (Phi) is 7.06. The van der Waals surface area contributed by atoms with E-state index in [2.05, 4.69) is 42.1 Å². The molecule has 1 unspecified atom stereocenters. The molecule has 0 saturated heterocycles. The van der Waals surface area contributed by atoms with E-state index in [1.54, 1.807) is 18.4 Å². The standard InChI is InChI=1S/C22H28N6O2S/c1-16(24-20(29)9-13-30-2)21-26-25-19-8-10-27(11-12-28(19)21)15-18-14-23-22(31-18)17-6-4-3-5-7-17/h3-7,14,16H,8-13,15H2,1-2H3,(H,24,29). The Labute approximate surface area is 186 Å². The predicted molar refractivity (Wildman–Crippen MR) is 120 cm³/mol. The number of aromatic nitrogens is 4. The Bertz CT molecular complexity index is 1000. The summed E-state index contributed by atoms with van der Waals surface area (Å²) in [5.41, 5.74) is 1.16. The van der Waals surface area contributed by atoms with Gasteiger partial charge >= 0.3 is 0 Å². The number of nitrogens with one attached hydrogen (secondary N) is 1. The number of hydrogen-bond acceptors (Lipinski definition) is 7. The molecule has 8 nitrogen and oxygen atoms in total. The fourth-order valence-electron chi connectivity index (χ4n) is 3.76. The van der Waals surface area contributed by atoms with E-state index in [0.717, 1.165) is 54.8 Å². The van der Waals surface area contributed by atoms with Crippen LogP contribution in [0.15, 0.2) is 36.5 Å². The highest BCUT2D eigenvalue weighted by atomic mass is 32.1. The Morgan fingerprint density at radius 2 is 2.06 bits per heavy atom. The van der Waals surface area contributed by atoms with Gasteiger partial charge in [0, 0.05) is 62.8 Å². The lowest BCUT2D eigenvalue weighted by Gasteiger charge is -2.19. The molecule has 31 heavy (non-hydrogen) atoms. The van der Waals surface area contributed by atoms with E-state index in [4.69, 9.17) is 4.74 Å². The summed E-state index contributed by atoms with van der Waals surface area (Å²) in [4.78, 5) is 20.3. The van der Waals surface area contributed by atoms with Crippen LogP contribution < -0.4 is 5.32 Å². The van der Waals surface area contributed by atoms with Crippen LogP contribution in [0.25, 0.3) is 10.6 Å². The van der Waals surface area contributed by atoms with Gasteiger partial charge in [-0.05, 0) is 6.92 Å². The Balaban J connectivity index is 1.37. The Hall–Kier alpha value is -2.62. The summed E-state index contributed by atoms with van der Waals surface area (Å²) in [6, 6.07) is 10.1. The summed E-state index contributed by atoms with van der Waals surface area (Å²) in [6.45, 7) is 5.87. The molecular weight excluding hydrogens is 412 g/mol. The van der Waals surface area contributed by atoms with Crippen molar-refractivity contribution in [3.8, 4) is 10.6 Å². The highest BCUT2D eigenvalue weighted by Gasteiger charge is 2.23. The maximum absolute atomic E-state index is 12.0. The van der Waals surface area contributed by atoms with Gasteiger partial charge in [-0.15, -0.1) is 21.5 Å². The summed E-state index contributed by atoms with van der Waals surface area (Å²) in [5, 5.41) is 12.8. The minimum atomic E-state index is -0.188. The molecule has 0 bridgehead atoms. The number of hydrogen-bond donors (Lipinski definition) is 1. The van der Waals surface area contributed by atoms with Crippen molar-refractivity contribution >= 4 is 17.2 Å². The second-order valence-corrected chi connectivity index (χ2v) is 8.80. The van der Waals surface area contributed by atoms with Crippen LogP contribution in [0.2, 0.25) is 0 Å². The average Bonchev–Trinajstić information content (AvgIpc) is 3.37. The second-order valence-electron chi connectivity index (χ2n) is 7.68. The average molecular weight is 441 g/mol. The van der Waals surface area contributed by atoms with E-state index < -0.39 is 0 Å². The number of methoxy groups -OCH3 is 1. The van der Waals surface area contributed by atoms with E-state index in [0.29, 0.717) is 13.0 Å². The lowest BCUT2D eigenvalue weighted by molar-refractivity contribution is -0.122. The van der Waals surface area contributed by atoms with Crippen LogP contribution in [0.5, 0.6) is 0 Å². The van der Waals surface area contributed by atoms with Gasteiger partial charge in [-0.1, -0.05) is 30.3 Å². The summed E-state index contributed by atoms with van der Waals surface area (Å²) in [6.07, 6.45) is 3.16. The minimum Gasteiger partial charge on any atom is -0.384 e. The molecule has 1 amide bonds. The van der Waals surface area contributed by atoms with Gasteiger partial charge in [0.1, 0.15) is 10.8 Å². The van der Waals surface area contributed by atoms with Crippen LogP contribution in [-0.4, -0.2) is 57.4 Å². The smallest absolute Gasteiger partial charge is 0.222 e. The van der Waals surface area contributed by atoms with Gasteiger partial charge in [-0.25, -0.2) is 4.98 Å². The van der Waals surface area contributed by atoms with Crippen molar-refractivity contribution in [3.05, 3.63) is 53.1 Å². The number of carbonyl (C=O) groups is 1. The molecule has 164 valence electrons. The summed E-state index contributed by atoms with van der Waals surface area (Å²) >= 11 is 1.75. The highest BCUT2D eigenvalue weighted by molar-refractivity contribution is 7.15. The zero-order valence-electron chi connectivity index (χ0n) is 18.0. The molecule has 1 aliphatic heterocycles. The number of carbonyl (C=O) groups excluding carboxylic acids is 1. The van der Waals surface area contributed by atoms with Crippen LogP contribution in [0, 0.1) is 0 Å². The first kappa shape index (κ1) is 21.6. The first-order valence-electron chi connectivity index (χ1n) is 10.6. The molecule has 1 N–H and O–H groups in total. The fraction of sp³-hybridized carbons (Fsp3) is 0.455. The van der Waals surface area contributed by atoms with Gasteiger partial charge in [-0.3, -0.25) is 9.69 Å². The molecule has 3 aromatic rings. The first-order valence-corrected chi connectivity index (χ1v) is 11.4. The molecule has 4 rings (SSSR count). The Morgan fingerprint density at radius 3 is 2.87 bits per heavy atom. The lowest BCUT2D eigenvalue weighted by Crippen LogP contribution is -2.30. The van der Waals surface area contributed by atoms with Gasteiger partial charge < -0.3 is 14.6 Å². The maximum Gasteiger partial charge on any atom is 0.222 e. The van der Waals surface area contributed by atoms with Crippen LogP contribution in [0.4, 0.5) is 0 Å². The minimum absolute atomic E-state index is 0.0404. The predicted octanol–water partition coefficient (Wildman–Crippen LogP) is 2.67. The van der Waals surface area contributed by atoms with Crippen molar-refractivity contribution in [2.45, 2.75) is 38.9 Å².